The SMILES string of the molecule is CC1=C(Cl)CC(C(F)(F)F)=NN1CC=O.CN1CCC(O)(c2ccccc2)CC1. The second-order valence-electron chi connectivity index (χ2n) is 7.16. The third-order valence-electron chi connectivity index (χ3n) is 5.04. The van der Waals surface area contributed by atoms with E-state index in [-0.39, 0.29) is 11.6 Å². The number of nitrogens with zero attached hydrogens (tertiary/aromatic N) is 3. The van der Waals surface area contributed by atoms with Gasteiger partial charge in [-0.25, -0.2) is 0 Å². The number of carbonyl (C=O) groups is 1. The van der Waals surface area contributed by atoms with Crippen LogP contribution >= 0.6 is 11.6 Å². The maximum absolute atomic E-state index is 12.3. The van der Waals surface area contributed by atoms with Crippen LogP contribution in [0.5, 0.6) is 0 Å². The van der Waals surface area contributed by atoms with Gasteiger partial charge in [0.05, 0.1) is 12.1 Å². The van der Waals surface area contributed by atoms with Crippen LogP contribution in [0.25, 0.3) is 0 Å². The van der Waals surface area contributed by atoms with Crippen molar-refractivity contribution in [2.24, 2.45) is 5.10 Å². The molecule has 5 nitrogen and oxygen atoms in total. The Balaban J connectivity index is 0.000000207. The van der Waals surface area contributed by atoms with Crippen LogP contribution in [0.15, 0.2) is 46.2 Å². The molecule has 29 heavy (non-hydrogen) atoms. The van der Waals surface area contributed by atoms with Crippen molar-refractivity contribution in [2.45, 2.75) is 38.0 Å². The van der Waals surface area contributed by atoms with Gasteiger partial charge in [0.15, 0.2) is 0 Å². The predicted molar refractivity (Wildman–Crippen MR) is 106 cm³/mol. The number of alkyl halides is 3. The Labute approximate surface area is 173 Å². The monoisotopic (exact) mass is 431 g/mol. The molecule has 2 aliphatic rings. The molecule has 1 saturated heterocycles. The van der Waals surface area contributed by atoms with Crippen LogP contribution < -0.4 is 0 Å². The van der Waals surface area contributed by atoms with E-state index in [2.05, 4.69) is 17.0 Å². The Morgan fingerprint density at radius 1 is 1.24 bits per heavy atom. The van der Waals surface area contributed by atoms with Crippen LogP contribution in [0.4, 0.5) is 13.2 Å². The highest BCUT2D eigenvalue weighted by Gasteiger charge is 2.39. The summed E-state index contributed by atoms with van der Waals surface area (Å²) in [6, 6.07) is 10.0. The molecule has 0 aliphatic carbocycles. The summed E-state index contributed by atoms with van der Waals surface area (Å²) in [5.74, 6) is 0. The number of hydrazone groups is 1. The quantitative estimate of drug-likeness (QED) is 0.738. The number of aliphatic hydroxyl groups is 1. The van der Waals surface area contributed by atoms with Gasteiger partial charge in [0, 0.05) is 30.2 Å². The average molecular weight is 432 g/mol. The molecule has 1 aromatic carbocycles. The fourth-order valence-electron chi connectivity index (χ4n) is 3.10. The summed E-state index contributed by atoms with van der Waals surface area (Å²) in [6.07, 6.45) is -2.80. The molecule has 0 aromatic heterocycles. The molecule has 1 aromatic rings. The number of hydrogen-bond acceptors (Lipinski definition) is 5. The van der Waals surface area contributed by atoms with Crippen molar-refractivity contribution in [3.05, 3.63) is 46.6 Å². The van der Waals surface area contributed by atoms with E-state index in [1.165, 1.54) is 6.92 Å². The second kappa shape index (κ2) is 9.73. The molecule has 3 rings (SSSR count). The number of likely N-dealkylation sites (tertiary alicyclic amines) is 1. The minimum absolute atomic E-state index is 0.0548. The molecule has 0 bridgehead atoms. The Bertz CT molecular complexity index is 758. The van der Waals surface area contributed by atoms with Crippen LogP contribution in [0.1, 0.15) is 31.7 Å². The van der Waals surface area contributed by atoms with Gasteiger partial charge < -0.3 is 14.8 Å². The summed E-state index contributed by atoms with van der Waals surface area (Å²) in [5, 5.41) is 14.8. The number of benzene rings is 1. The molecular weight excluding hydrogens is 407 g/mol. The molecule has 0 radical (unpaired) electrons. The number of allylic oxidation sites excluding steroid dienone is 2. The normalized spacial score (nSPS) is 20.0. The Hall–Kier alpha value is -1.90. The number of halogens is 4. The highest BCUT2D eigenvalue weighted by atomic mass is 35.5. The van der Waals surface area contributed by atoms with Crippen LogP contribution in [-0.4, -0.2) is 59.9 Å². The van der Waals surface area contributed by atoms with Crippen LogP contribution in [0, 0.1) is 0 Å². The molecule has 0 saturated carbocycles. The van der Waals surface area contributed by atoms with E-state index in [9.17, 15) is 23.1 Å². The van der Waals surface area contributed by atoms with Crippen molar-refractivity contribution in [1.82, 2.24) is 9.91 Å². The minimum Gasteiger partial charge on any atom is -0.385 e. The van der Waals surface area contributed by atoms with Crippen molar-refractivity contribution in [3.63, 3.8) is 0 Å². The first kappa shape index (κ1) is 23.4. The van der Waals surface area contributed by atoms with Crippen LogP contribution in [-0.2, 0) is 10.4 Å². The lowest BCUT2D eigenvalue weighted by Gasteiger charge is -2.36. The third kappa shape index (κ3) is 6.29. The molecule has 0 amide bonds. The summed E-state index contributed by atoms with van der Waals surface area (Å²) < 4.78 is 37.0. The smallest absolute Gasteiger partial charge is 0.385 e. The van der Waals surface area contributed by atoms with Gasteiger partial charge in [-0.05, 0) is 32.4 Å². The van der Waals surface area contributed by atoms with Crippen LogP contribution in [0.2, 0.25) is 0 Å². The Kier molecular flexibility index (Phi) is 7.85. The van der Waals surface area contributed by atoms with Crippen molar-refractivity contribution in [2.75, 3.05) is 26.7 Å². The van der Waals surface area contributed by atoms with E-state index < -0.39 is 23.9 Å². The van der Waals surface area contributed by atoms with Gasteiger partial charge in [0.1, 0.15) is 12.0 Å². The summed E-state index contributed by atoms with van der Waals surface area (Å²) in [5.41, 5.74) is -0.141. The minimum atomic E-state index is -4.51. The Morgan fingerprint density at radius 3 is 2.34 bits per heavy atom. The zero-order valence-electron chi connectivity index (χ0n) is 16.4. The van der Waals surface area contributed by atoms with Gasteiger partial charge in [0.25, 0.3) is 0 Å². The van der Waals surface area contributed by atoms with Crippen molar-refractivity contribution >= 4 is 23.6 Å². The molecule has 0 atom stereocenters. The summed E-state index contributed by atoms with van der Waals surface area (Å²) in [7, 11) is 2.10. The van der Waals surface area contributed by atoms with E-state index in [0.717, 1.165) is 36.5 Å². The number of hydrogen-bond donors (Lipinski definition) is 1. The highest BCUT2D eigenvalue weighted by molar-refractivity contribution is 6.31. The maximum atomic E-state index is 12.3. The van der Waals surface area contributed by atoms with E-state index in [1.807, 2.05) is 30.3 Å². The standard InChI is InChI=1S/C12H17NO.C8H8ClF3N2O/c1-13-9-7-12(14,8-10-13)11-5-3-2-4-6-11;1-5-6(9)4-7(8(10,11)12)13-14(5)2-3-15/h2-6,14H,7-10H2,1H3;3H,2,4H2,1H3. The van der Waals surface area contributed by atoms with Gasteiger partial charge in [0.2, 0.25) is 0 Å². The van der Waals surface area contributed by atoms with Crippen molar-refractivity contribution in [3.8, 4) is 0 Å². The van der Waals surface area contributed by atoms with E-state index in [1.54, 1.807) is 0 Å². The van der Waals surface area contributed by atoms with Gasteiger partial charge in [-0.15, -0.1) is 0 Å². The first-order chi connectivity index (χ1) is 13.6. The molecule has 2 heterocycles. The Morgan fingerprint density at radius 2 is 1.83 bits per heavy atom. The first-order valence-corrected chi connectivity index (χ1v) is 9.62. The maximum Gasteiger partial charge on any atom is 0.431 e. The third-order valence-corrected chi connectivity index (χ3v) is 5.45. The van der Waals surface area contributed by atoms with Crippen LogP contribution in [0.3, 0.4) is 0 Å². The zero-order chi connectivity index (χ0) is 21.7. The molecule has 1 fully saturated rings. The lowest BCUT2D eigenvalue weighted by Crippen LogP contribution is -2.40. The van der Waals surface area contributed by atoms with Gasteiger partial charge in [-0.2, -0.15) is 18.3 Å². The molecule has 160 valence electrons. The van der Waals surface area contributed by atoms with Crippen molar-refractivity contribution < 1.29 is 23.1 Å². The zero-order valence-corrected chi connectivity index (χ0v) is 17.2. The number of rotatable bonds is 3. The molecule has 9 heteroatoms. The summed E-state index contributed by atoms with van der Waals surface area (Å²) >= 11 is 5.64. The van der Waals surface area contributed by atoms with Crippen molar-refractivity contribution in [1.29, 1.82) is 0 Å². The van der Waals surface area contributed by atoms with E-state index in [4.69, 9.17) is 11.6 Å². The number of carbonyl (C=O) groups excluding carboxylic acids is 1. The van der Waals surface area contributed by atoms with E-state index >= 15 is 0 Å². The number of aldehydes is 1. The number of piperidine rings is 1. The highest BCUT2D eigenvalue weighted by Crippen LogP contribution is 2.32. The summed E-state index contributed by atoms with van der Waals surface area (Å²) in [4.78, 5) is 12.5. The summed E-state index contributed by atoms with van der Waals surface area (Å²) in [6.45, 7) is 3.24. The van der Waals surface area contributed by atoms with Gasteiger partial charge in [-0.3, -0.25) is 5.01 Å². The molecule has 1 N–H and O–H groups in total. The largest absolute Gasteiger partial charge is 0.431 e. The lowest BCUT2D eigenvalue weighted by molar-refractivity contribution is -0.108. The second-order valence-corrected chi connectivity index (χ2v) is 7.62. The van der Waals surface area contributed by atoms with Gasteiger partial charge >= 0.3 is 6.18 Å². The molecule has 0 spiro atoms. The molecular formula is C20H25ClF3N3O2. The van der Waals surface area contributed by atoms with E-state index in [0.29, 0.717) is 12.0 Å². The fourth-order valence-corrected chi connectivity index (χ4v) is 3.33. The molecule has 2 aliphatic heterocycles. The van der Waals surface area contributed by atoms with Gasteiger partial charge in [-0.1, -0.05) is 41.9 Å². The molecule has 0 unspecified atom stereocenters. The topological polar surface area (TPSA) is 56.1 Å². The predicted octanol–water partition coefficient (Wildman–Crippen LogP) is 3.88. The lowest BCUT2D eigenvalue weighted by atomic mass is 9.85. The fraction of sp³-hybridized carbons (Fsp3) is 0.500. The first-order valence-electron chi connectivity index (χ1n) is 9.24. The average Bonchev–Trinajstić information content (AvgIpc) is 2.68.